The average molecular weight is 309 g/mol. The molecule has 22 heavy (non-hydrogen) atoms. The van der Waals surface area contributed by atoms with Crippen molar-refractivity contribution in [2.24, 2.45) is 0 Å². The standard InChI is InChI=1S/C22H44/c1-3-5-7-9-11-13-15-17-19-21-22-20-18-16-14-12-10-8-6-4-2/h1H,3-22H2,2H3. The minimum Gasteiger partial charge on any atom is -0.0654 e. The van der Waals surface area contributed by atoms with Gasteiger partial charge in [-0.25, -0.2) is 0 Å². The lowest BCUT2D eigenvalue weighted by Crippen LogP contribution is -1.84. The quantitative estimate of drug-likeness (QED) is 0.210. The molecular weight excluding hydrogens is 264 g/mol. The van der Waals surface area contributed by atoms with Gasteiger partial charge in [-0.3, -0.25) is 0 Å². The van der Waals surface area contributed by atoms with Crippen LogP contribution in [0.1, 0.15) is 135 Å². The van der Waals surface area contributed by atoms with E-state index in [1.54, 1.807) is 0 Å². The van der Waals surface area contributed by atoms with E-state index in [-0.39, 0.29) is 0 Å². The zero-order chi connectivity index (χ0) is 16.1. The van der Waals surface area contributed by atoms with Crippen molar-refractivity contribution in [1.29, 1.82) is 0 Å². The normalized spacial score (nSPS) is 11.2. The Morgan fingerprint density at radius 1 is 0.364 bits per heavy atom. The highest BCUT2D eigenvalue weighted by Crippen LogP contribution is 2.14. The molecule has 132 valence electrons. The Morgan fingerprint density at radius 2 is 0.591 bits per heavy atom. The summed E-state index contributed by atoms with van der Waals surface area (Å²) in [5, 5.41) is 0. The fraction of sp³-hybridized carbons (Fsp3) is 0.955. The van der Waals surface area contributed by atoms with Crippen LogP contribution in [0.5, 0.6) is 0 Å². The van der Waals surface area contributed by atoms with Gasteiger partial charge in [0.15, 0.2) is 0 Å². The predicted molar refractivity (Wildman–Crippen MR) is 102 cm³/mol. The highest BCUT2D eigenvalue weighted by atomic mass is 14.0. The molecule has 0 N–H and O–H groups in total. The van der Waals surface area contributed by atoms with Gasteiger partial charge in [0, 0.05) is 0 Å². The minimum atomic E-state index is 0.874. The fourth-order valence-electron chi connectivity index (χ4n) is 3.22. The molecule has 0 aromatic rings. The number of unbranched alkanes of at least 4 members (excludes halogenated alkanes) is 19. The second-order valence-corrected chi connectivity index (χ2v) is 7.15. The molecule has 2 radical (unpaired) electrons. The summed E-state index contributed by atoms with van der Waals surface area (Å²) < 4.78 is 0. The van der Waals surface area contributed by atoms with Crippen molar-refractivity contribution < 1.29 is 0 Å². The summed E-state index contributed by atoms with van der Waals surface area (Å²) in [7, 11) is 0. The first-order chi connectivity index (χ1) is 10.9. The van der Waals surface area contributed by atoms with Crippen LogP contribution in [0.2, 0.25) is 0 Å². The summed E-state index contributed by atoms with van der Waals surface area (Å²) in [5.74, 6) is 0. The molecule has 0 saturated carbocycles. The summed E-state index contributed by atoms with van der Waals surface area (Å²) >= 11 is 0. The maximum Gasteiger partial charge on any atom is -0.0352 e. The summed E-state index contributed by atoms with van der Waals surface area (Å²) in [6, 6.07) is 0. The van der Waals surface area contributed by atoms with E-state index in [0.29, 0.717) is 0 Å². The molecule has 0 aliphatic rings. The largest absolute Gasteiger partial charge is 0.0654 e. The van der Waals surface area contributed by atoms with Gasteiger partial charge in [0.05, 0.1) is 0 Å². The number of hydrogen-bond donors (Lipinski definition) is 0. The molecular formula is C22H44. The smallest absolute Gasteiger partial charge is 0.0352 e. The van der Waals surface area contributed by atoms with Crippen molar-refractivity contribution in [3.63, 3.8) is 0 Å². The molecule has 0 nitrogen and oxygen atoms in total. The molecule has 0 aliphatic heterocycles. The SMILES string of the molecule is [CH]CCCCCCCCCCCCCCCCCCCCC. The first-order valence-corrected chi connectivity index (χ1v) is 10.6. The summed E-state index contributed by atoms with van der Waals surface area (Å²) in [5.41, 5.74) is 0. The van der Waals surface area contributed by atoms with E-state index < -0.39 is 0 Å². The molecule has 0 spiro atoms. The van der Waals surface area contributed by atoms with Gasteiger partial charge in [0.2, 0.25) is 0 Å². The van der Waals surface area contributed by atoms with E-state index in [2.05, 4.69) is 6.92 Å². The van der Waals surface area contributed by atoms with Crippen LogP contribution in [0.15, 0.2) is 0 Å². The number of hydrogen-bond acceptors (Lipinski definition) is 0. The summed E-state index contributed by atoms with van der Waals surface area (Å²) in [6.45, 7) is 7.80. The van der Waals surface area contributed by atoms with Crippen molar-refractivity contribution in [3.8, 4) is 0 Å². The van der Waals surface area contributed by atoms with E-state index in [1.807, 2.05) is 0 Å². The van der Waals surface area contributed by atoms with Crippen LogP contribution < -0.4 is 0 Å². The van der Waals surface area contributed by atoms with E-state index in [4.69, 9.17) is 6.92 Å². The predicted octanol–water partition coefficient (Wildman–Crippen LogP) is 8.52. The van der Waals surface area contributed by atoms with Crippen LogP contribution in [0, 0.1) is 6.92 Å². The maximum atomic E-state index is 5.50. The Hall–Kier alpha value is 0. The molecule has 0 heterocycles. The molecule has 0 rings (SSSR count). The van der Waals surface area contributed by atoms with Crippen LogP contribution in [0.4, 0.5) is 0 Å². The molecule has 0 bridgehead atoms. The second-order valence-electron chi connectivity index (χ2n) is 7.15. The first-order valence-electron chi connectivity index (χ1n) is 10.6. The van der Waals surface area contributed by atoms with Crippen molar-refractivity contribution in [3.05, 3.63) is 6.92 Å². The van der Waals surface area contributed by atoms with Crippen LogP contribution in [-0.2, 0) is 0 Å². The maximum absolute atomic E-state index is 5.50. The lowest BCUT2D eigenvalue weighted by atomic mass is 10.0. The van der Waals surface area contributed by atoms with Gasteiger partial charge in [-0.1, -0.05) is 129 Å². The molecule has 0 heteroatoms. The van der Waals surface area contributed by atoms with Crippen molar-refractivity contribution >= 4 is 0 Å². The van der Waals surface area contributed by atoms with Gasteiger partial charge in [0.1, 0.15) is 0 Å². The first kappa shape index (κ1) is 22.0. The Balaban J connectivity index is 2.91. The molecule has 0 unspecified atom stereocenters. The minimum absolute atomic E-state index is 0.874. The highest BCUT2D eigenvalue weighted by molar-refractivity contribution is 4.50. The van der Waals surface area contributed by atoms with Gasteiger partial charge >= 0.3 is 0 Å². The van der Waals surface area contributed by atoms with E-state index in [0.717, 1.165) is 6.42 Å². The Kier molecular flexibility index (Phi) is 21.0. The fourth-order valence-corrected chi connectivity index (χ4v) is 3.22. The van der Waals surface area contributed by atoms with E-state index in [9.17, 15) is 0 Å². The molecule has 0 amide bonds. The third kappa shape index (κ3) is 20.0. The highest BCUT2D eigenvalue weighted by Gasteiger charge is 1.94. The van der Waals surface area contributed by atoms with Crippen LogP contribution in [0.3, 0.4) is 0 Å². The summed E-state index contributed by atoms with van der Waals surface area (Å²) in [6.07, 6.45) is 28.2. The molecule has 0 fully saturated rings. The second kappa shape index (κ2) is 21.0. The summed E-state index contributed by atoms with van der Waals surface area (Å²) in [4.78, 5) is 0. The third-order valence-corrected chi connectivity index (χ3v) is 4.81. The lowest BCUT2D eigenvalue weighted by molar-refractivity contribution is 0.523. The lowest BCUT2D eigenvalue weighted by Gasteiger charge is -2.03. The van der Waals surface area contributed by atoms with Crippen LogP contribution >= 0.6 is 0 Å². The van der Waals surface area contributed by atoms with Crippen LogP contribution in [-0.4, -0.2) is 0 Å². The molecule has 0 aromatic heterocycles. The van der Waals surface area contributed by atoms with E-state index >= 15 is 0 Å². The van der Waals surface area contributed by atoms with Crippen molar-refractivity contribution in [2.75, 3.05) is 0 Å². The van der Waals surface area contributed by atoms with Crippen LogP contribution in [0.25, 0.3) is 0 Å². The average Bonchev–Trinajstić information content (AvgIpc) is 2.54. The van der Waals surface area contributed by atoms with Gasteiger partial charge in [-0.15, -0.1) is 0 Å². The Bertz CT molecular complexity index is 153. The molecule has 0 saturated heterocycles. The number of rotatable bonds is 19. The van der Waals surface area contributed by atoms with E-state index in [1.165, 1.54) is 122 Å². The van der Waals surface area contributed by atoms with Crippen molar-refractivity contribution in [1.82, 2.24) is 0 Å². The van der Waals surface area contributed by atoms with Gasteiger partial charge in [-0.05, 0) is 13.3 Å². The Labute approximate surface area is 142 Å². The van der Waals surface area contributed by atoms with Gasteiger partial charge in [-0.2, -0.15) is 0 Å². The zero-order valence-electron chi connectivity index (χ0n) is 15.7. The van der Waals surface area contributed by atoms with Gasteiger partial charge < -0.3 is 0 Å². The topological polar surface area (TPSA) is 0 Å². The zero-order valence-corrected chi connectivity index (χ0v) is 15.7. The van der Waals surface area contributed by atoms with Gasteiger partial charge in [0.25, 0.3) is 0 Å². The van der Waals surface area contributed by atoms with Crippen molar-refractivity contribution in [2.45, 2.75) is 135 Å². The Morgan fingerprint density at radius 3 is 0.818 bits per heavy atom. The molecule has 0 aromatic carbocycles. The molecule has 0 aliphatic carbocycles. The third-order valence-electron chi connectivity index (χ3n) is 4.81. The molecule has 0 atom stereocenters. The monoisotopic (exact) mass is 308 g/mol.